The minimum atomic E-state index is -2.89. The highest BCUT2D eigenvalue weighted by molar-refractivity contribution is 7.91. The van der Waals surface area contributed by atoms with Gasteiger partial charge in [0.2, 0.25) is 0 Å². The summed E-state index contributed by atoms with van der Waals surface area (Å²) in [6.45, 7) is 5.69. The standard InChI is InChI=1S/C32H35NO8S/c1-21-14-26(38-11-7-33-8-12-42(36,37)13-9-33)16-23-6-10-39-29-5-2-22(15-28(29)32(21)23)19-40-25-3-4-27-24(17-31(34)35)20-41-30(27)18-25/h2-5,14-16,18,24H,6-13,17,19-20H2,1H3,(H,34,35)/t24-/m1/s1. The number of hydrogen-bond acceptors (Lipinski definition) is 8. The molecule has 0 aliphatic carbocycles. The highest BCUT2D eigenvalue weighted by Gasteiger charge is 2.27. The Labute approximate surface area is 245 Å². The fraction of sp³-hybridized carbons (Fsp3) is 0.406. The van der Waals surface area contributed by atoms with E-state index in [-0.39, 0.29) is 23.8 Å². The number of rotatable bonds is 9. The van der Waals surface area contributed by atoms with Crippen LogP contribution in [0.25, 0.3) is 11.1 Å². The Bertz CT molecular complexity index is 1590. The van der Waals surface area contributed by atoms with Crippen LogP contribution in [0.5, 0.6) is 23.0 Å². The van der Waals surface area contributed by atoms with Crippen molar-refractivity contribution < 1.29 is 37.3 Å². The molecule has 42 heavy (non-hydrogen) atoms. The number of fused-ring (bicyclic) bond motifs is 4. The third-order valence-electron chi connectivity index (χ3n) is 8.14. The van der Waals surface area contributed by atoms with E-state index in [0.717, 1.165) is 51.3 Å². The molecule has 3 heterocycles. The van der Waals surface area contributed by atoms with E-state index in [1.807, 2.05) is 30.3 Å². The molecule has 0 radical (unpaired) electrons. The lowest BCUT2D eigenvalue weighted by Crippen LogP contribution is -2.42. The second-order valence-electron chi connectivity index (χ2n) is 11.1. The van der Waals surface area contributed by atoms with Gasteiger partial charge in [-0.3, -0.25) is 9.69 Å². The van der Waals surface area contributed by atoms with Gasteiger partial charge >= 0.3 is 5.97 Å². The normalized spacial score (nSPS) is 18.9. The van der Waals surface area contributed by atoms with E-state index in [1.54, 1.807) is 0 Å². The summed E-state index contributed by atoms with van der Waals surface area (Å²) in [4.78, 5) is 13.3. The van der Waals surface area contributed by atoms with Crippen molar-refractivity contribution in [2.75, 3.05) is 51.0 Å². The zero-order valence-corrected chi connectivity index (χ0v) is 24.5. The van der Waals surface area contributed by atoms with Gasteiger partial charge in [-0.1, -0.05) is 12.1 Å². The van der Waals surface area contributed by atoms with Crippen molar-refractivity contribution >= 4 is 15.8 Å². The lowest BCUT2D eigenvalue weighted by molar-refractivity contribution is -0.137. The maximum atomic E-state index is 11.7. The Morgan fingerprint density at radius 3 is 2.64 bits per heavy atom. The van der Waals surface area contributed by atoms with Crippen molar-refractivity contribution in [2.24, 2.45) is 0 Å². The molecule has 9 nitrogen and oxygen atoms in total. The average Bonchev–Trinajstić information content (AvgIpc) is 3.24. The minimum Gasteiger partial charge on any atom is -0.493 e. The van der Waals surface area contributed by atoms with Crippen LogP contribution >= 0.6 is 0 Å². The van der Waals surface area contributed by atoms with Gasteiger partial charge in [-0.15, -0.1) is 0 Å². The smallest absolute Gasteiger partial charge is 0.304 e. The lowest BCUT2D eigenvalue weighted by atomic mass is 9.92. The monoisotopic (exact) mass is 593 g/mol. The van der Waals surface area contributed by atoms with Crippen LogP contribution in [0.15, 0.2) is 48.5 Å². The predicted molar refractivity (Wildman–Crippen MR) is 158 cm³/mol. The fourth-order valence-electron chi connectivity index (χ4n) is 5.91. The first kappa shape index (κ1) is 28.4. The first-order valence-electron chi connectivity index (χ1n) is 14.3. The third-order valence-corrected chi connectivity index (χ3v) is 9.75. The Balaban J connectivity index is 1.13. The van der Waals surface area contributed by atoms with Crippen molar-refractivity contribution in [1.29, 1.82) is 0 Å². The molecule has 0 aromatic heterocycles. The molecule has 0 amide bonds. The van der Waals surface area contributed by atoms with E-state index >= 15 is 0 Å². The summed E-state index contributed by atoms with van der Waals surface area (Å²) >= 11 is 0. The minimum absolute atomic E-state index is 0.0474. The molecule has 3 aromatic rings. The molecule has 3 aliphatic rings. The van der Waals surface area contributed by atoms with E-state index in [0.29, 0.717) is 57.6 Å². The fourth-order valence-corrected chi connectivity index (χ4v) is 7.19. The van der Waals surface area contributed by atoms with E-state index in [2.05, 4.69) is 30.0 Å². The second-order valence-corrected chi connectivity index (χ2v) is 13.4. The van der Waals surface area contributed by atoms with Crippen LogP contribution in [0.4, 0.5) is 0 Å². The molecule has 3 aliphatic heterocycles. The van der Waals surface area contributed by atoms with Gasteiger partial charge < -0.3 is 24.1 Å². The first-order chi connectivity index (χ1) is 20.2. The lowest BCUT2D eigenvalue weighted by Gasteiger charge is -2.26. The molecule has 3 aromatic carbocycles. The van der Waals surface area contributed by atoms with Crippen LogP contribution < -0.4 is 18.9 Å². The maximum Gasteiger partial charge on any atom is 0.304 e. The molecule has 6 rings (SSSR count). The summed E-state index contributed by atoms with van der Waals surface area (Å²) < 4.78 is 47.4. The zero-order chi connectivity index (χ0) is 29.3. The Morgan fingerprint density at radius 2 is 1.83 bits per heavy atom. The molecule has 1 N–H and O–H groups in total. The SMILES string of the molecule is Cc1cc(OCCN2CCS(=O)(=O)CC2)cc2c1-c1cc(COc3ccc4c(c3)OC[C@H]4CC(=O)O)ccc1OCC2. The number of hydrogen-bond donors (Lipinski definition) is 1. The molecule has 1 saturated heterocycles. The molecular formula is C32H35NO8S. The van der Waals surface area contributed by atoms with Crippen molar-refractivity contribution in [1.82, 2.24) is 4.90 Å². The van der Waals surface area contributed by atoms with E-state index < -0.39 is 15.8 Å². The van der Waals surface area contributed by atoms with Crippen LogP contribution in [0.3, 0.4) is 0 Å². The topological polar surface area (TPSA) is 112 Å². The van der Waals surface area contributed by atoms with Crippen molar-refractivity contribution in [3.8, 4) is 34.1 Å². The van der Waals surface area contributed by atoms with Gasteiger partial charge in [0.25, 0.3) is 0 Å². The van der Waals surface area contributed by atoms with Gasteiger partial charge in [-0.05, 0) is 59.5 Å². The Hall–Kier alpha value is -3.76. The quantitative estimate of drug-likeness (QED) is 0.390. The first-order valence-corrected chi connectivity index (χ1v) is 16.1. The van der Waals surface area contributed by atoms with E-state index in [4.69, 9.17) is 24.1 Å². The Morgan fingerprint density at radius 1 is 1.00 bits per heavy atom. The molecule has 222 valence electrons. The maximum absolute atomic E-state index is 11.7. The van der Waals surface area contributed by atoms with Gasteiger partial charge in [0.1, 0.15) is 36.2 Å². The van der Waals surface area contributed by atoms with E-state index in [9.17, 15) is 13.2 Å². The Kier molecular flexibility index (Phi) is 8.00. The molecule has 0 saturated carbocycles. The van der Waals surface area contributed by atoms with Gasteiger partial charge in [0, 0.05) is 49.2 Å². The van der Waals surface area contributed by atoms with Gasteiger partial charge in [-0.2, -0.15) is 0 Å². The van der Waals surface area contributed by atoms with Gasteiger partial charge in [0.05, 0.1) is 31.1 Å². The number of nitrogens with zero attached hydrogens (tertiary/aromatic N) is 1. The number of benzene rings is 3. The summed E-state index contributed by atoms with van der Waals surface area (Å²) in [6.07, 6.45) is 0.807. The van der Waals surface area contributed by atoms with Crippen LogP contribution in [0.2, 0.25) is 0 Å². The molecule has 0 spiro atoms. The largest absolute Gasteiger partial charge is 0.493 e. The highest BCUT2D eigenvalue weighted by Crippen LogP contribution is 2.41. The number of ether oxygens (including phenoxy) is 4. The molecule has 0 bridgehead atoms. The predicted octanol–water partition coefficient (Wildman–Crippen LogP) is 4.24. The molecule has 1 atom stereocenters. The summed E-state index contributed by atoms with van der Waals surface area (Å²) in [5.41, 5.74) is 6.34. The second kappa shape index (κ2) is 11.9. The zero-order valence-electron chi connectivity index (χ0n) is 23.6. The molecule has 0 unspecified atom stereocenters. The average molecular weight is 594 g/mol. The van der Waals surface area contributed by atoms with Crippen LogP contribution in [0, 0.1) is 6.92 Å². The molecular weight excluding hydrogens is 558 g/mol. The number of sulfone groups is 1. The third kappa shape index (κ3) is 6.34. The number of carboxylic acids is 1. The highest BCUT2D eigenvalue weighted by atomic mass is 32.2. The van der Waals surface area contributed by atoms with Crippen molar-refractivity contribution in [3.63, 3.8) is 0 Å². The van der Waals surface area contributed by atoms with Crippen LogP contribution in [0.1, 0.15) is 34.6 Å². The summed E-state index contributed by atoms with van der Waals surface area (Å²) in [5.74, 6) is 2.45. The van der Waals surface area contributed by atoms with E-state index in [1.165, 1.54) is 0 Å². The van der Waals surface area contributed by atoms with Crippen LogP contribution in [-0.4, -0.2) is 75.4 Å². The number of carbonyl (C=O) groups is 1. The number of aliphatic carboxylic acids is 1. The number of carboxylic acid groups (broad SMARTS) is 1. The summed E-state index contributed by atoms with van der Waals surface area (Å²) in [6, 6.07) is 15.9. The molecule has 1 fully saturated rings. The summed E-state index contributed by atoms with van der Waals surface area (Å²) in [7, 11) is -2.89. The van der Waals surface area contributed by atoms with Crippen molar-refractivity contribution in [2.45, 2.75) is 32.3 Å². The van der Waals surface area contributed by atoms with Gasteiger partial charge in [0.15, 0.2) is 9.84 Å². The summed E-state index contributed by atoms with van der Waals surface area (Å²) in [5, 5.41) is 9.14. The van der Waals surface area contributed by atoms with Crippen molar-refractivity contribution in [3.05, 3.63) is 70.8 Å². The number of aryl methyl sites for hydroxylation is 1. The van der Waals surface area contributed by atoms with Crippen LogP contribution in [-0.2, 0) is 27.7 Å². The van der Waals surface area contributed by atoms with Gasteiger partial charge in [-0.25, -0.2) is 8.42 Å². The molecule has 10 heteroatoms.